The molecule has 1 aromatic carbocycles. The fourth-order valence-corrected chi connectivity index (χ4v) is 3.56. The van der Waals surface area contributed by atoms with E-state index in [2.05, 4.69) is 15.9 Å². The van der Waals surface area contributed by atoms with E-state index in [0.717, 1.165) is 19.6 Å². The fourth-order valence-electron chi connectivity index (χ4n) is 2.13. The normalized spacial score (nSPS) is 13.1. The van der Waals surface area contributed by atoms with Crippen LogP contribution in [-0.4, -0.2) is 0 Å². The van der Waals surface area contributed by atoms with Crippen molar-refractivity contribution >= 4 is 38.2 Å². The molecule has 0 spiro atoms. The van der Waals surface area contributed by atoms with Crippen LogP contribution < -0.4 is 5.73 Å². The van der Waals surface area contributed by atoms with Crippen LogP contribution >= 0.6 is 27.3 Å². The summed E-state index contributed by atoms with van der Waals surface area (Å²) in [7, 11) is 0. The molecule has 0 amide bonds. The molecule has 0 saturated carbocycles. The molecule has 5 heteroatoms. The number of benzene rings is 1. The van der Waals surface area contributed by atoms with Crippen molar-refractivity contribution in [2.24, 2.45) is 5.73 Å². The molecule has 2 N–H and O–H groups in total. The lowest BCUT2D eigenvalue weighted by atomic mass is 10.1. The second kappa shape index (κ2) is 4.74. The summed E-state index contributed by atoms with van der Waals surface area (Å²) >= 11 is 4.99. The summed E-state index contributed by atoms with van der Waals surface area (Å²) in [5.41, 5.74) is 7.80. The summed E-state index contributed by atoms with van der Waals surface area (Å²) in [5, 5.41) is 0.779. The highest BCUT2D eigenvalue weighted by molar-refractivity contribution is 9.11. The quantitative estimate of drug-likeness (QED) is 0.731. The standard InChI is InChI=1S/C14H11BrFNOS/c1-7-9-6-8(16)2-3-10(9)18-14(7)13(17)11-4-5-12(15)19-11/h2-6,13H,17H2,1H3. The highest BCUT2D eigenvalue weighted by atomic mass is 79.9. The van der Waals surface area contributed by atoms with Gasteiger partial charge in [0.05, 0.1) is 9.83 Å². The van der Waals surface area contributed by atoms with Gasteiger partial charge in [-0.15, -0.1) is 11.3 Å². The van der Waals surface area contributed by atoms with Crippen LogP contribution in [0.5, 0.6) is 0 Å². The highest BCUT2D eigenvalue weighted by Crippen LogP contribution is 2.35. The lowest BCUT2D eigenvalue weighted by molar-refractivity contribution is 0.523. The van der Waals surface area contributed by atoms with Gasteiger partial charge < -0.3 is 10.2 Å². The maximum absolute atomic E-state index is 13.3. The van der Waals surface area contributed by atoms with E-state index in [9.17, 15) is 4.39 Å². The maximum atomic E-state index is 13.3. The number of nitrogens with two attached hydrogens (primary N) is 1. The minimum absolute atomic E-state index is 0.268. The molecule has 3 aromatic rings. The lowest BCUT2D eigenvalue weighted by Crippen LogP contribution is -2.10. The fraction of sp³-hybridized carbons (Fsp3) is 0.143. The molecule has 2 aromatic heterocycles. The molecule has 3 rings (SSSR count). The van der Waals surface area contributed by atoms with Gasteiger partial charge in [-0.25, -0.2) is 4.39 Å². The van der Waals surface area contributed by atoms with Gasteiger partial charge in [0.1, 0.15) is 17.2 Å². The number of hydrogen-bond acceptors (Lipinski definition) is 3. The first kappa shape index (κ1) is 12.8. The minimum Gasteiger partial charge on any atom is -0.459 e. The van der Waals surface area contributed by atoms with E-state index in [1.165, 1.54) is 12.1 Å². The maximum Gasteiger partial charge on any atom is 0.134 e. The van der Waals surface area contributed by atoms with Crippen molar-refractivity contribution in [3.63, 3.8) is 0 Å². The molecule has 0 bridgehead atoms. The molecule has 19 heavy (non-hydrogen) atoms. The Balaban J connectivity index is 2.12. The van der Waals surface area contributed by atoms with Crippen LogP contribution in [0.25, 0.3) is 11.0 Å². The number of aryl methyl sites for hydroxylation is 1. The Hall–Kier alpha value is -1.17. The van der Waals surface area contributed by atoms with Crippen LogP contribution in [0.4, 0.5) is 4.39 Å². The molecular weight excluding hydrogens is 329 g/mol. The van der Waals surface area contributed by atoms with Crippen molar-refractivity contribution in [1.82, 2.24) is 0 Å². The summed E-state index contributed by atoms with van der Waals surface area (Å²) in [4.78, 5) is 1.01. The molecule has 1 unspecified atom stereocenters. The Kier molecular flexibility index (Phi) is 3.20. The van der Waals surface area contributed by atoms with Crippen LogP contribution in [0, 0.1) is 12.7 Å². The van der Waals surface area contributed by atoms with Crippen LogP contribution in [0.1, 0.15) is 22.2 Å². The first-order valence-electron chi connectivity index (χ1n) is 5.75. The molecule has 0 aliphatic heterocycles. The number of rotatable bonds is 2. The number of furan rings is 1. The summed E-state index contributed by atoms with van der Waals surface area (Å²) in [5.74, 6) is 0.422. The van der Waals surface area contributed by atoms with Crippen LogP contribution in [0.2, 0.25) is 0 Å². The molecule has 98 valence electrons. The zero-order valence-electron chi connectivity index (χ0n) is 10.1. The van der Waals surface area contributed by atoms with E-state index >= 15 is 0 Å². The van der Waals surface area contributed by atoms with Crippen molar-refractivity contribution < 1.29 is 8.81 Å². The van der Waals surface area contributed by atoms with Crippen LogP contribution in [0.3, 0.4) is 0 Å². The second-order valence-corrected chi connectivity index (χ2v) is 6.85. The Morgan fingerprint density at radius 2 is 2.11 bits per heavy atom. The van der Waals surface area contributed by atoms with Crippen molar-refractivity contribution in [1.29, 1.82) is 0 Å². The van der Waals surface area contributed by atoms with Gasteiger partial charge in [-0.2, -0.15) is 0 Å². The highest BCUT2D eigenvalue weighted by Gasteiger charge is 2.20. The second-order valence-electron chi connectivity index (χ2n) is 4.35. The number of fused-ring (bicyclic) bond motifs is 1. The van der Waals surface area contributed by atoms with Crippen molar-refractivity contribution in [2.45, 2.75) is 13.0 Å². The molecule has 2 heterocycles. The van der Waals surface area contributed by atoms with Gasteiger partial charge in [-0.1, -0.05) is 0 Å². The van der Waals surface area contributed by atoms with E-state index in [0.29, 0.717) is 11.3 Å². The molecule has 0 aliphatic carbocycles. The van der Waals surface area contributed by atoms with E-state index in [1.807, 2.05) is 19.1 Å². The third-order valence-electron chi connectivity index (χ3n) is 3.12. The predicted molar refractivity (Wildman–Crippen MR) is 79.0 cm³/mol. The van der Waals surface area contributed by atoms with Gasteiger partial charge in [0.2, 0.25) is 0 Å². The average Bonchev–Trinajstić information content (AvgIpc) is 2.94. The van der Waals surface area contributed by atoms with Gasteiger partial charge in [0.25, 0.3) is 0 Å². The smallest absolute Gasteiger partial charge is 0.134 e. The predicted octanol–water partition coefficient (Wildman–Crippen LogP) is 4.75. The summed E-state index contributed by atoms with van der Waals surface area (Å²) in [6.07, 6.45) is 0. The Labute approximate surface area is 122 Å². The zero-order valence-corrected chi connectivity index (χ0v) is 12.5. The zero-order chi connectivity index (χ0) is 13.6. The topological polar surface area (TPSA) is 39.2 Å². The first-order chi connectivity index (χ1) is 9.06. The number of thiophene rings is 1. The van der Waals surface area contributed by atoms with Crippen molar-refractivity contribution in [3.05, 3.63) is 56.1 Å². The van der Waals surface area contributed by atoms with Crippen LogP contribution in [-0.2, 0) is 0 Å². The lowest BCUT2D eigenvalue weighted by Gasteiger charge is -2.07. The SMILES string of the molecule is Cc1c(C(N)c2ccc(Br)s2)oc2ccc(F)cc12. The van der Waals surface area contributed by atoms with Crippen molar-refractivity contribution in [3.8, 4) is 0 Å². The largest absolute Gasteiger partial charge is 0.459 e. The van der Waals surface area contributed by atoms with Gasteiger partial charge in [0.15, 0.2) is 0 Å². The molecule has 0 aliphatic rings. The van der Waals surface area contributed by atoms with Gasteiger partial charge in [-0.05, 0) is 53.2 Å². The Bertz CT molecular complexity index is 749. The third kappa shape index (κ3) is 2.22. The molecule has 2 nitrogen and oxygen atoms in total. The van der Waals surface area contributed by atoms with E-state index in [4.69, 9.17) is 10.2 Å². The Morgan fingerprint density at radius 1 is 1.32 bits per heavy atom. The molecule has 1 atom stereocenters. The van der Waals surface area contributed by atoms with Gasteiger partial charge >= 0.3 is 0 Å². The Morgan fingerprint density at radius 3 is 2.79 bits per heavy atom. The first-order valence-corrected chi connectivity index (χ1v) is 7.36. The number of hydrogen-bond donors (Lipinski definition) is 1. The number of halogens is 2. The van der Waals surface area contributed by atoms with E-state index < -0.39 is 0 Å². The average molecular weight is 340 g/mol. The van der Waals surface area contributed by atoms with Gasteiger partial charge in [0, 0.05) is 15.8 Å². The van der Waals surface area contributed by atoms with Gasteiger partial charge in [-0.3, -0.25) is 0 Å². The summed E-state index contributed by atoms with van der Waals surface area (Å²) in [6, 6.07) is 8.10. The summed E-state index contributed by atoms with van der Waals surface area (Å²) < 4.78 is 20.1. The van der Waals surface area contributed by atoms with Crippen LogP contribution in [0.15, 0.2) is 38.5 Å². The molecule has 0 saturated heterocycles. The van der Waals surface area contributed by atoms with E-state index in [1.54, 1.807) is 17.4 Å². The third-order valence-corrected chi connectivity index (χ3v) is 4.82. The molecule has 0 radical (unpaired) electrons. The minimum atomic E-state index is -0.327. The molecular formula is C14H11BrFNOS. The van der Waals surface area contributed by atoms with E-state index in [-0.39, 0.29) is 11.9 Å². The summed E-state index contributed by atoms with van der Waals surface area (Å²) in [6.45, 7) is 1.91. The van der Waals surface area contributed by atoms with Crippen molar-refractivity contribution in [2.75, 3.05) is 0 Å². The monoisotopic (exact) mass is 339 g/mol. The molecule has 0 fully saturated rings.